The number of imidazole rings is 1. The SMILES string of the molecule is O=C(NCc1ccc(Cl)c(Cl)c1)C1CCN(c2ncnc3c2nc2n3CCCCC2)CC1. The van der Waals surface area contributed by atoms with E-state index in [0.717, 1.165) is 67.3 Å². The first-order valence-corrected chi connectivity index (χ1v) is 12.0. The summed E-state index contributed by atoms with van der Waals surface area (Å²) in [4.78, 5) is 29.0. The number of carbonyl (C=O) groups is 1. The fraction of sp³-hybridized carbons (Fsp3) is 0.478. The largest absolute Gasteiger partial charge is 0.355 e. The third-order valence-electron chi connectivity index (χ3n) is 6.49. The molecular weight excluding hydrogens is 447 g/mol. The van der Waals surface area contributed by atoms with E-state index in [4.69, 9.17) is 28.2 Å². The topological polar surface area (TPSA) is 75.9 Å². The summed E-state index contributed by atoms with van der Waals surface area (Å²) in [7, 11) is 0. The van der Waals surface area contributed by atoms with Crippen molar-refractivity contribution < 1.29 is 4.79 Å². The Morgan fingerprint density at radius 1 is 1.06 bits per heavy atom. The molecule has 9 heteroatoms. The zero-order valence-electron chi connectivity index (χ0n) is 17.9. The van der Waals surface area contributed by atoms with Crippen LogP contribution >= 0.6 is 23.2 Å². The second-order valence-electron chi connectivity index (χ2n) is 8.59. The zero-order valence-corrected chi connectivity index (χ0v) is 19.4. The van der Waals surface area contributed by atoms with Gasteiger partial charge >= 0.3 is 0 Å². The van der Waals surface area contributed by atoms with Crippen molar-refractivity contribution in [3.8, 4) is 0 Å². The Hall–Kier alpha value is -2.38. The minimum atomic E-state index is -0.00920. The lowest BCUT2D eigenvalue weighted by Gasteiger charge is -2.32. The Kier molecular flexibility index (Phi) is 6.20. The normalized spacial score (nSPS) is 17.2. The monoisotopic (exact) mass is 472 g/mol. The van der Waals surface area contributed by atoms with Crippen molar-refractivity contribution in [2.75, 3.05) is 18.0 Å². The lowest BCUT2D eigenvalue weighted by molar-refractivity contribution is -0.125. The molecule has 5 rings (SSSR count). The van der Waals surface area contributed by atoms with Gasteiger partial charge in [0.05, 0.1) is 10.0 Å². The second-order valence-corrected chi connectivity index (χ2v) is 9.40. The Labute approximate surface area is 197 Å². The van der Waals surface area contributed by atoms with E-state index < -0.39 is 0 Å². The van der Waals surface area contributed by atoms with Crippen molar-refractivity contribution in [1.29, 1.82) is 0 Å². The molecule has 0 saturated carbocycles. The maximum atomic E-state index is 12.7. The highest BCUT2D eigenvalue weighted by molar-refractivity contribution is 6.42. The third-order valence-corrected chi connectivity index (χ3v) is 7.23. The highest BCUT2D eigenvalue weighted by Gasteiger charge is 2.28. The van der Waals surface area contributed by atoms with Crippen LogP contribution in [0.2, 0.25) is 10.0 Å². The van der Waals surface area contributed by atoms with Crippen LogP contribution in [0.15, 0.2) is 24.5 Å². The molecule has 0 atom stereocenters. The van der Waals surface area contributed by atoms with Gasteiger partial charge in [0.25, 0.3) is 0 Å². The van der Waals surface area contributed by atoms with Crippen LogP contribution in [0.1, 0.15) is 43.5 Å². The Balaban J connectivity index is 1.23. The van der Waals surface area contributed by atoms with E-state index in [1.54, 1.807) is 18.5 Å². The Bertz CT molecular complexity index is 1140. The van der Waals surface area contributed by atoms with Crippen molar-refractivity contribution in [3.05, 3.63) is 46.0 Å². The fourth-order valence-electron chi connectivity index (χ4n) is 4.69. The second kappa shape index (κ2) is 9.24. The average molecular weight is 473 g/mol. The predicted molar refractivity (Wildman–Crippen MR) is 126 cm³/mol. The molecule has 2 aliphatic heterocycles. The van der Waals surface area contributed by atoms with E-state index in [1.165, 1.54) is 19.3 Å². The van der Waals surface area contributed by atoms with E-state index in [2.05, 4.69) is 24.8 Å². The number of hydrogen-bond donors (Lipinski definition) is 1. The van der Waals surface area contributed by atoms with Crippen LogP contribution in [-0.4, -0.2) is 38.5 Å². The number of hydrogen-bond acceptors (Lipinski definition) is 5. The first-order chi connectivity index (χ1) is 15.6. The van der Waals surface area contributed by atoms with Gasteiger partial charge in [-0.3, -0.25) is 4.79 Å². The molecule has 1 saturated heterocycles. The van der Waals surface area contributed by atoms with E-state index in [1.807, 2.05) is 6.07 Å². The van der Waals surface area contributed by atoms with Crippen LogP contribution in [0.4, 0.5) is 5.82 Å². The number of anilines is 1. The van der Waals surface area contributed by atoms with Gasteiger partial charge in [-0.15, -0.1) is 0 Å². The van der Waals surface area contributed by atoms with E-state index >= 15 is 0 Å². The molecule has 7 nitrogen and oxygen atoms in total. The predicted octanol–water partition coefficient (Wildman–Crippen LogP) is 4.39. The number of carbonyl (C=O) groups excluding carboxylic acids is 1. The van der Waals surface area contributed by atoms with Gasteiger partial charge in [-0.2, -0.15) is 0 Å². The average Bonchev–Trinajstić information content (AvgIpc) is 3.00. The number of aromatic nitrogens is 4. The molecule has 0 bridgehead atoms. The molecule has 168 valence electrons. The number of amides is 1. The van der Waals surface area contributed by atoms with Crippen molar-refractivity contribution in [1.82, 2.24) is 24.8 Å². The molecule has 0 aliphatic carbocycles. The molecule has 1 N–H and O–H groups in total. The number of rotatable bonds is 4. The molecule has 2 aliphatic rings. The quantitative estimate of drug-likeness (QED) is 0.608. The van der Waals surface area contributed by atoms with Crippen LogP contribution < -0.4 is 10.2 Å². The van der Waals surface area contributed by atoms with Crippen LogP contribution in [0.3, 0.4) is 0 Å². The summed E-state index contributed by atoms with van der Waals surface area (Å²) in [5.41, 5.74) is 2.77. The molecule has 1 amide bonds. The highest BCUT2D eigenvalue weighted by atomic mass is 35.5. The zero-order chi connectivity index (χ0) is 22.1. The third kappa shape index (κ3) is 4.28. The van der Waals surface area contributed by atoms with Gasteiger partial charge in [0.15, 0.2) is 17.0 Å². The van der Waals surface area contributed by atoms with Crippen molar-refractivity contribution in [3.63, 3.8) is 0 Å². The summed E-state index contributed by atoms with van der Waals surface area (Å²) in [6.07, 6.45) is 7.79. The molecule has 1 fully saturated rings. The Morgan fingerprint density at radius 2 is 1.91 bits per heavy atom. The molecule has 32 heavy (non-hydrogen) atoms. The van der Waals surface area contributed by atoms with Gasteiger partial charge in [-0.05, 0) is 43.4 Å². The summed E-state index contributed by atoms with van der Waals surface area (Å²) in [5.74, 6) is 2.09. The smallest absolute Gasteiger partial charge is 0.223 e. The van der Waals surface area contributed by atoms with E-state index in [0.29, 0.717) is 16.6 Å². The van der Waals surface area contributed by atoms with Gasteiger partial charge in [-0.25, -0.2) is 15.0 Å². The maximum absolute atomic E-state index is 12.7. The van der Waals surface area contributed by atoms with Crippen LogP contribution in [-0.2, 0) is 24.3 Å². The summed E-state index contributed by atoms with van der Waals surface area (Å²) in [6.45, 7) is 2.98. The first kappa shape index (κ1) is 21.5. The number of nitrogens with one attached hydrogen (secondary N) is 1. The van der Waals surface area contributed by atoms with Gasteiger partial charge in [0, 0.05) is 38.5 Å². The molecule has 3 aromatic rings. The first-order valence-electron chi connectivity index (χ1n) is 11.3. The standard InChI is InChI=1S/C23H26Cl2N6O/c24-17-6-5-15(12-18(17)25)13-26-23(32)16-7-10-30(11-8-16)21-20-22(28-14-27-21)31-9-3-1-2-4-19(31)29-20/h5-6,12,14,16H,1-4,7-11,13H2,(H,26,32). The molecule has 4 heterocycles. The van der Waals surface area contributed by atoms with Crippen LogP contribution in [0, 0.1) is 5.92 Å². The lowest BCUT2D eigenvalue weighted by Crippen LogP contribution is -2.40. The molecule has 0 spiro atoms. The van der Waals surface area contributed by atoms with Crippen LogP contribution in [0.25, 0.3) is 11.2 Å². The highest BCUT2D eigenvalue weighted by Crippen LogP contribution is 2.29. The number of fused-ring (bicyclic) bond motifs is 3. The van der Waals surface area contributed by atoms with Crippen molar-refractivity contribution in [2.45, 2.75) is 51.6 Å². The number of benzene rings is 1. The number of nitrogens with zero attached hydrogens (tertiary/aromatic N) is 5. The number of halogens is 2. The summed E-state index contributed by atoms with van der Waals surface area (Å²) in [6, 6.07) is 5.42. The minimum Gasteiger partial charge on any atom is -0.355 e. The molecule has 1 aromatic carbocycles. The maximum Gasteiger partial charge on any atom is 0.223 e. The Morgan fingerprint density at radius 3 is 2.72 bits per heavy atom. The van der Waals surface area contributed by atoms with Crippen molar-refractivity contribution in [2.24, 2.45) is 5.92 Å². The van der Waals surface area contributed by atoms with E-state index in [-0.39, 0.29) is 11.8 Å². The molecule has 0 radical (unpaired) electrons. The van der Waals surface area contributed by atoms with Crippen molar-refractivity contribution >= 4 is 46.1 Å². The summed E-state index contributed by atoms with van der Waals surface area (Å²) in [5, 5.41) is 4.05. The van der Waals surface area contributed by atoms with Gasteiger partial charge in [0.1, 0.15) is 12.2 Å². The molecule has 2 aromatic heterocycles. The fourth-order valence-corrected chi connectivity index (χ4v) is 5.01. The summed E-state index contributed by atoms with van der Waals surface area (Å²) < 4.78 is 2.26. The minimum absolute atomic E-state index is 0.00920. The molecular formula is C23H26Cl2N6O. The van der Waals surface area contributed by atoms with Gasteiger partial charge in [0.2, 0.25) is 5.91 Å². The lowest BCUT2D eigenvalue weighted by atomic mass is 9.95. The van der Waals surface area contributed by atoms with Crippen LogP contribution in [0.5, 0.6) is 0 Å². The number of piperidine rings is 1. The number of aryl methyl sites for hydroxylation is 2. The van der Waals surface area contributed by atoms with Gasteiger partial charge < -0.3 is 14.8 Å². The van der Waals surface area contributed by atoms with E-state index in [9.17, 15) is 4.79 Å². The summed E-state index contributed by atoms with van der Waals surface area (Å²) >= 11 is 12.0. The molecule has 0 unspecified atom stereocenters. The van der Waals surface area contributed by atoms with Gasteiger partial charge in [-0.1, -0.05) is 35.7 Å².